The van der Waals surface area contributed by atoms with Gasteiger partial charge in [-0.2, -0.15) is 8.42 Å². The van der Waals surface area contributed by atoms with E-state index in [2.05, 4.69) is 9.08 Å². The van der Waals surface area contributed by atoms with Crippen LogP contribution in [0, 0.1) is 0 Å². The molecule has 126 valence electrons. The Hall–Kier alpha value is -1.67. The third-order valence-corrected chi connectivity index (χ3v) is 4.72. The molecule has 6 nitrogen and oxygen atoms in total. The number of halogens is 1. The molecule has 23 heavy (non-hydrogen) atoms. The van der Waals surface area contributed by atoms with Crippen molar-refractivity contribution in [2.75, 3.05) is 19.6 Å². The molecule has 0 aromatic heterocycles. The van der Waals surface area contributed by atoms with E-state index in [0.717, 1.165) is 38.0 Å². The lowest BCUT2D eigenvalue weighted by Gasteiger charge is -2.24. The fraction of sp³-hybridized carbons (Fsp3) is 0.533. The molecule has 0 N–H and O–H groups in total. The van der Waals surface area contributed by atoms with Gasteiger partial charge in [-0.3, -0.25) is 9.69 Å². The van der Waals surface area contributed by atoms with E-state index in [1.165, 1.54) is 12.1 Å². The fourth-order valence-corrected chi connectivity index (χ4v) is 3.63. The topological polar surface area (TPSA) is 66.9 Å². The summed E-state index contributed by atoms with van der Waals surface area (Å²) in [6.07, 6.45) is 2.59. The molecule has 2 aliphatic heterocycles. The number of hydrogen-bond donors (Lipinski definition) is 0. The zero-order chi connectivity index (χ0) is 16.4. The van der Waals surface area contributed by atoms with Crippen molar-refractivity contribution in [1.82, 2.24) is 9.80 Å². The molecule has 0 radical (unpaired) electrons. The zero-order valence-corrected chi connectivity index (χ0v) is 13.5. The highest BCUT2D eigenvalue weighted by Gasteiger charge is 2.32. The van der Waals surface area contributed by atoms with Crippen LogP contribution in [-0.4, -0.2) is 49.8 Å². The number of amides is 1. The minimum Gasteiger partial charge on any atom is -0.358 e. The Bertz CT molecular complexity index is 677. The van der Waals surface area contributed by atoms with Crippen molar-refractivity contribution >= 4 is 16.4 Å². The van der Waals surface area contributed by atoms with Crippen LogP contribution in [-0.2, 0) is 21.8 Å². The van der Waals surface area contributed by atoms with Crippen LogP contribution >= 0.6 is 0 Å². The summed E-state index contributed by atoms with van der Waals surface area (Å²) in [5.74, 6) is 0.212. The van der Waals surface area contributed by atoms with E-state index in [4.69, 9.17) is 0 Å². The Morgan fingerprint density at radius 2 is 1.96 bits per heavy atom. The van der Waals surface area contributed by atoms with Crippen LogP contribution in [0.2, 0.25) is 0 Å². The molecule has 1 atom stereocenters. The number of nitrogens with zero attached hydrogens (tertiary/aromatic N) is 2. The largest absolute Gasteiger partial charge is 0.488 e. The minimum atomic E-state index is -4.98. The van der Waals surface area contributed by atoms with Gasteiger partial charge in [0.15, 0.2) is 0 Å². The second kappa shape index (κ2) is 6.45. The lowest BCUT2D eigenvalue weighted by atomic mass is 10.2. The normalized spacial score (nSPS) is 22.7. The summed E-state index contributed by atoms with van der Waals surface area (Å²) in [6, 6.07) is 6.60. The fourth-order valence-electron chi connectivity index (χ4n) is 3.29. The Morgan fingerprint density at radius 3 is 2.57 bits per heavy atom. The molecule has 1 aromatic rings. The number of carbonyl (C=O) groups is 1. The van der Waals surface area contributed by atoms with Crippen LogP contribution in [0.3, 0.4) is 0 Å². The predicted molar refractivity (Wildman–Crippen MR) is 81.7 cm³/mol. The van der Waals surface area contributed by atoms with Crippen LogP contribution < -0.4 is 4.18 Å². The van der Waals surface area contributed by atoms with Crippen LogP contribution in [0.25, 0.3) is 0 Å². The van der Waals surface area contributed by atoms with E-state index in [1.807, 2.05) is 4.90 Å². The van der Waals surface area contributed by atoms with Crippen molar-refractivity contribution < 1.29 is 21.3 Å². The van der Waals surface area contributed by atoms with Crippen molar-refractivity contribution in [3.8, 4) is 5.75 Å². The summed E-state index contributed by atoms with van der Waals surface area (Å²) in [7, 11) is -4.98. The summed E-state index contributed by atoms with van der Waals surface area (Å²) >= 11 is 0. The Balaban J connectivity index is 1.55. The molecule has 0 bridgehead atoms. The maximum atomic E-state index is 12.4. The van der Waals surface area contributed by atoms with E-state index in [1.54, 1.807) is 12.1 Å². The van der Waals surface area contributed by atoms with Crippen molar-refractivity contribution in [2.24, 2.45) is 0 Å². The lowest BCUT2D eigenvalue weighted by Crippen LogP contribution is -2.38. The average Bonchev–Trinajstić information content (AvgIpc) is 3.08. The maximum Gasteiger partial charge on any atom is 0.488 e. The number of carbonyl (C=O) groups excluding carboxylic acids is 1. The quantitative estimate of drug-likeness (QED) is 0.758. The van der Waals surface area contributed by atoms with Gasteiger partial charge in [0.05, 0.1) is 0 Å². The SMILES string of the molecule is O=C1CCCN1C1CCN(Cc2ccc(OS(=O)(=O)F)cc2)C1. The Morgan fingerprint density at radius 1 is 1.22 bits per heavy atom. The van der Waals surface area contributed by atoms with E-state index in [-0.39, 0.29) is 11.7 Å². The number of rotatable bonds is 5. The molecule has 1 unspecified atom stereocenters. The molecule has 2 saturated heterocycles. The van der Waals surface area contributed by atoms with Crippen molar-refractivity contribution in [3.63, 3.8) is 0 Å². The van der Waals surface area contributed by atoms with Gasteiger partial charge in [-0.15, -0.1) is 0 Å². The highest BCUT2D eigenvalue weighted by atomic mass is 32.3. The molecular weight excluding hydrogens is 323 g/mol. The van der Waals surface area contributed by atoms with E-state index >= 15 is 0 Å². The molecule has 0 spiro atoms. The number of likely N-dealkylation sites (tertiary alicyclic amines) is 2. The first-order valence-corrected chi connectivity index (χ1v) is 8.96. The lowest BCUT2D eigenvalue weighted by molar-refractivity contribution is -0.129. The van der Waals surface area contributed by atoms with Crippen molar-refractivity contribution in [1.29, 1.82) is 0 Å². The molecule has 0 saturated carbocycles. The number of hydrogen-bond acceptors (Lipinski definition) is 5. The molecule has 1 aromatic carbocycles. The van der Waals surface area contributed by atoms with Gasteiger partial charge in [0, 0.05) is 38.6 Å². The first-order chi connectivity index (χ1) is 10.9. The Labute approximate surface area is 135 Å². The third kappa shape index (κ3) is 4.20. The summed E-state index contributed by atoms with van der Waals surface area (Å²) in [4.78, 5) is 16.0. The van der Waals surface area contributed by atoms with Gasteiger partial charge in [0.25, 0.3) is 0 Å². The molecule has 3 rings (SSSR count). The van der Waals surface area contributed by atoms with E-state index in [9.17, 15) is 17.1 Å². The summed E-state index contributed by atoms with van der Waals surface area (Å²) in [5.41, 5.74) is 0.988. The van der Waals surface area contributed by atoms with Gasteiger partial charge in [-0.05, 0) is 30.5 Å². The highest BCUT2D eigenvalue weighted by Crippen LogP contribution is 2.23. The van der Waals surface area contributed by atoms with Gasteiger partial charge in [0.2, 0.25) is 5.91 Å². The van der Waals surface area contributed by atoms with Crippen LogP contribution in [0.4, 0.5) is 3.89 Å². The second-order valence-corrected chi connectivity index (χ2v) is 6.94. The monoisotopic (exact) mass is 342 g/mol. The van der Waals surface area contributed by atoms with Crippen molar-refractivity contribution in [3.05, 3.63) is 29.8 Å². The standard InChI is InChI=1S/C15H19FN2O4S/c16-23(20,21)22-14-5-3-12(4-6-14)10-17-9-7-13(11-17)18-8-1-2-15(18)19/h3-6,13H,1-2,7-11H2. The van der Waals surface area contributed by atoms with Gasteiger partial charge in [-0.1, -0.05) is 16.0 Å². The summed E-state index contributed by atoms with van der Waals surface area (Å²) in [5, 5.41) is 0. The second-order valence-electron chi connectivity index (χ2n) is 5.99. The molecule has 2 fully saturated rings. The van der Waals surface area contributed by atoms with Gasteiger partial charge >= 0.3 is 10.5 Å². The molecule has 1 amide bonds. The first kappa shape index (κ1) is 16.2. The Kier molecular flexibility index (Phi) is 4.54. The molecule has 8 heteroatoms. The zero-order valence-electron chi connectivity index (χ0n) is 12.7. The highest BCUT2D eigenvalue weighted by molar-refractivity contribution is 7.81. The third-order valence-electron chi connectivity index (χ3n) is 4.32. The number of benzene rings is 1. The summed E-state index contributed by atoms with van der Waals surface area (Å²) < 4.78 is 37.5. The smallest absolute Gasteiger partial charge is 0.358 e. The molecule has 2 heterocycles. The molecular formula is C15H19FN2O4S. The van der Waals surface area contributed by atoms with Crippen LogP contribution in [0.15, 0.2) is 24.3 Å². The average molecular weight is 342 g/mol. The van der Waals surface area contributed by atoms with Crippen LogP contribution in [0.1, 0.15) is 24.8 Å². The molecule has 2 aliphatic rings. The summed E-state index contributed by atoms with van der Waals surface area (Å²) in [6.45, 7) is 3.34. The van der Waals surface area contributed by atoms with Gasteiger partial charge < -0.3 is 9.08 Å². The van der Waals surface area contributed by atoms with E-state index < -0.39 is 10.5 Å². The molecule has 0 aliphatic carbocycles. The van der Waals surface area contributed by atoms with Crippen molar-refractivity contribution in [2.45, 2.75) is 31.8 Å². The predicted octanol–water partition coefficient (Wildman–Crippen LogP) is 1.48. The minimum absolute atomic E-state index is 0.0433. The van der Waals surface area contributed by atoms with E-state index in [0.29, 0.717) is 19.0 Å². The maximum absolute atomic E-state index is 12.4. The van der Waals surface area contributed by atoms with Gasteiger partial charge in [-0.25, -0.2) is 0 Å². The first-order valence-electron chi connectivity index (χ1n) is 7.65. The van der Waals surface area contributed by atoms with Crippen LogP contribution in [0.5, 0.6) is 5.75 Å². The van der Waals surface area contributed by atoms with Gasteiger partial charge in [0.1, 0.15) is 5.75 Å².